The van der Waals surface area contributed by atoms with Gasteiger partial charge in [-0.2, -0.15) is 0 Å². The van der Waals surface area contributed by atoms with Gasteiger partial charge in [0, 0.05) is 31.7 Å². The van der Waals surface area contributed by atoms with Crippen LogP contribution in [0.5, 0.6) is 0 Å². The highest BCUT2D eigenvalue weighted by molar-refractivity contribution is 7.90. The molecule has 2 rings (SSSR count). The molecular formula is C13H16N4O3S. The molecule has 7 nitrogen and oxygen atoms in total. The molecule has 0 saturated carbocycles. The minimum Gasteiger partial charge on any atom is -0.369 e. The number of hydrogen-bond acceptors (Lipinski definition) is 6. The van der Waals surface area contributed by atoms with Gasteiger partial charge in [0.1, 0.15) is 12.1 Å². The van der Waals surface area contributed by atoms with Gasteiger partial charge in [-0.1, -0.05) is 0 Å². The van der Waals surface area contributed by atoms with Crippen molar-refractivity contribution in [1.82, 2.24) is 15.3 Å². The smallest absolute Gasteiger partial charge is 0.221 e. The van der Waals surface area contributed by atoms with Crippen molar-refractivity contribution in [3.8, 4) is 0 Å². The highest BCUT2D eigenvalue weighted by atomic mass is 32.2. The van der Waals surface area contributed by atoms with Gasteiger partial charge in [-0.3, -0.25) is 4.79 Å². The first-order valence-electron chi connectivity index (χ1n) is 6.31. The number of carbonyl (C=O) groups excluding carboxylic acids is 1. The maximum atomic E-state index is 11.6. The van der Waals surface area contributed by atoms with Gasteiger partial charge in [0.15, 0.2) is 9.84 Å². The molecule has 1 aromatic heterocycles. The number of carbonyl (C=O) groups is 1. The van der Waals surface area contributed by atoms with Crippen LogP contribution in [0, 0.1) is 0 Å². The first-order valence-corrected chi connectivity index (χ1v) is 8.20. The Morgan fingerprint density at radius 2 is 2.05 bits per heavy atom. The summed E-state index contributed by atoms with van der Waals surface area (Å²) in [7, 11) is -1.73. The maximum Gasteiger partial charge on any atom is 0.221 e. The monoisotopic (exact) mass is 308 g/mol. The zero-order valence-corrected chi connectivity index (χ0v) is 12.6. The van der Waals surface area contributed by atoms with E-state index in [2.05, 4.69) is 20.6 Å². The van der Waals surface area contributed by atoms with Gasteiger partial charge in [-0.05, 0) is 18.2 Å². The number of benzene rings is 1. The van der Waals surface area contributed by atoms with Crippen LogP contribution >= 0.6 is 0 Å². The lowest BCUT2D eigenvalue weighted by Gasteiger charge is -2.08. The van der Waals surface area contributed by atoms with Gasteiger partial charge >= 0.3 is 0 Å². The third-order valence-electron chi connectivity index (χ3n) is 2.96. The predicted molar refractivity (Wildman–Crippen MR) is 79.8 cm³/mol. The van der Waals surface area contributed by atoms with E-state index in [1.807, 2.05) is 0 Å². The number of anilines is 1. The molecule has 0 aliphatic carbocycles. The topological polar surface area (TPSA) is 101 Å². The van der Waals surface area contributed by atoms with E-state index in [-0.39, 0.29) is 10.8 Å². The SMILES string of the molecule is CNC(=O)CCNc1ncnc2ccc(S(C)(=O)=O)cc12. The molecule has 8 heteroatoms. The molecule has 1 aromatic carbocycles. The molecule has 0 aliphatic heterocycles. The first-order chi connectivity index (χ1) is 9.91. The molecular weight excluding hydrogens is 292 g/mol. The van der Waals surface area contributed by atoms with E-state index < -0.39 is 9.84 Å². The van der Waals surface area contributed by atoms with Crippen molar-refractivity contribution < 1.29 is 13.2 Å². The summed E-state index contributed by atoms with van der Waals surface area (Å²) in [6.07, 6.45) is 2.84. The molecule has 2 aromatic rings. The molecule has 0 atom stereocenters. The summed E-state index contributed by atoms with van der Waals surface area (Å²) in [5, 5.41) is 6.16. The van der Waals surface area contributed by atoms with Crippen LogP contribution < -0.4 is 10.6 Å². The van der Waals surface area contributed by atoms with Crippen LogP contribution in [-0.4, -0.2) is 44.1 Å². The van der Waals surface area contributed by atoms with Crippen LogP contribution in [0.15, 0.2) is 29.4 Å². The molecule has 0 saturated heterocycles. The number of nitrogens with zero attached hydrogens (tertiary/aromatic N) is 2. The molecule has 0 bridgehead atoms. The molecule has 0 aliphatic rings. The van der Waals surface area contributed by atoms with Crippen LogP contribution in [0.3, 0.4) is 0 Å². The highest BCUT2D eigenvalue weighted by Gasteiger charge is 2.11. The zero-order valence-electron chi connectivity index (χ0n) is 11.8. The van der Waals surface area contributed by atoms with Crippen LogP contribution in [0.4, 0.5) is 5.82 Å². The average molecular weight is 308 g/mol. The Labute approximate surface area is 122 Å². The molecule has 112 valence electrons. The number of rotatable bonds is 5. The minimum atomic E-state index is -3.30. The Hall–Kier alpha value is -2.22. The van der Waals surface area contributed by atoms with Crippen LogP contribution in [0.2, 0.25) is 0 Å². The lowest BCUT2D eigenvalue weighted by molar-refractivity contribution is -0.120. The van der Waals surface area contributed by atoms with Gasteiger partial charge in [-0.15, -0.1) is 0 Å². The second-order valence-electron chi connectivity index (χ2n) is 4.52. The summed E-state index contributed by atoms with van der Waals surface area (Å²) in [5.41, 5.74) is 0.639. The zero-order chi connectivity index (χ0) is 15.5. The van der Waals surface area contributed by atoms with Crippen LogP contribution in [0.1, 0.15) is 6.42 Å². The van der Waals surface area contributed by atoms with Crippen molar-refractivity contribution in [2.75, 3.05) is 25.2 Å². The number of hydrogen-bond donors (Lipinski definition) is 2. The second kappa shape index (κ2) is 6.04. The largest absolute Gasteiger partial charge is 0.369 e. The van der Waals surface area contributed by atoms with E-state index in [1.54, 1.807) is 13.1 Å². The lowest BCUT2D eigenvalue weighted by atomic mass is 10.2. The van der Waals surface area contributed by atoms with Gasteiger partial charge in [0.25, 0.3) is 0 Å². The maximum absolute atomic E-state index is 11.6. The molecule has 0 unspecified atom stereocenters. The number of sulfone groups is 1. The van der Waals surface area contributed by atoms with Gasteiger partial charge in [-0.25, -0.2) is 18.4 Å². The number of amides is 1. The molecule has 1 heterocycles. The van der Waals surface area contributed by atoms with E-state index in [1.165, 1.54) is 18.5 Å². The van der Waals surface area contributed by atoms with Crippen molar-refractivity contribution in [3.05, 3.63) is 24.5 Å². The van der Waals surface area contributed by atoms with E-state index >= 15 is 0 Å². The van der Waals surface area contributed by atoms with Crippen LogP contribution in [-0.2, 0) is 14.6 Å². The third-order valence-corrected chi connectivity index (χ3v) is 4.07. The fourth-order valence-corrected chi connectivity index (χ4v) is 2.47. The predicted octanol–water partition coefficient (Wildman–Crippen LogP) is 0.581. The standard InChI is InChI=1S/C13H16N4O3S/c1-14-12(18)5-6-15-13-10-7-9(21(2,19)20)3-4-11(10)16-8-17-13/h3-4,7-8H,5-6H2,1-2H3,(H,14,18)(H,15,16,17). The Morgan fingerprint density at radius 3 is 2.71 bits per heavy atom. The van der Waals surface area contributed by atoms with E-state index in [0.29, 0.717) is 29.7 Å². The molecule has 1 amide bonds. The minimum absolute atomic E-state index is 0.0855. The Balaban J connectivity index is 2.33. The second-order valence-corrected chi connectivity index (χ2v) is 6.54. The van der Waals surface area contributed by atoms with Crippen molar-refractivity contribution in [2.24, 2.45) is 0 Å². The Kier molecular flexibility index (Phi) is 4.37. The van der Waals surface area contributed by atoms with E-state index in [9.17, 15) is 13.2 Å². The van der Waals surface area contributed by atoms with Crippen molar-refractivity contribution in [1.29, 1.82) is 0 Å². The molecule has 0 fully saturated rings. The van der Waals surface area contributed by atoms with E-state index in [0.717, 1.165) is 6.26 Å². The quantitative estimate of drug-likeness (QED) is 0.838. The molecule has 0 spiro atoms. The normalized spacial score (nSPS) is 11.3. The van der Waals surface area contributed by atoms with Crippen molar-refractivity contribution >= 4 is 32.5 Å². The fraction of sp³-hybridized carbons (Fsp3) is 0.308. The summed E-state index contributed by atoms with van der Waals surface area (Å²) in [6.45, 7) is 0.398. The summed E-state index contributed by atoms with van der Waals surface area (Å²) in [4.78, 5) is 19.6. The van der Waals surface area contributed by atoms with Crippen molar-refractivity contribution in [3.63, 3.8) is 0 Å². The van der Waals surface area contributed by atoms with Gasteiger partial charge < -0.3 is 10.6 Å². The van der Waals surface area contributed by atoms with Gasteiger partial charge in [0.2, 0.25) is 5.91 Å². The first kappa shape index (κ1) is 15.2. The number of nitrogens with one attached hydrogen (secondary N) is 2. The third kappa shape index (κ3) is 3.66. The number of aromatic nitrogens is 2. The summed E-state index contributed by atoms with van der Waals surface area (Å²) < 4.78 is 23.2. The Bertz CT molecular complexity index is 774. The van der Waals surface area contributed by atoms with Gasteiger partial charge in [0.05, 0.1) is 10.4 Å². The molecule has 21 heavy (non-hydrogen) atoms. The summed E-state index contributed by atoms with van der Waals surface area (Å²) >= 11 is 0. The number of fused-ring (bicyclic) bond motifs is 1. The molecule has 0 radical (unpaired) electrons. The summed E-state index contributed by atoms with van der Waals surface area (Å²) in [5.74, 6) is 0.423. The van der Waals surface area contributed by atoms with Crippen LogP contribution in [0.25, 0.3) is 10.9 Å². The van der Waals surface area contributed by atoms with Crippen molar-refractivity contribution in [2.45, 2.75) is 11.3 Å². The summed E-state index contributed by atoms with van der Waals surface area (Å²) in [6, 6.07) is 4.68. The average Bonchev–Trinajstić information content (AvgIpc) is 2.45. The van der Waals surface area contributed by atoms with E-state index in [4.69, 9.17) is 0 Å². The highest BCUT2D eigenvalue weighted by Crippen LogP contribution is 2.22. The lowest BCUT2D eigenvalue weighted by Crippen LogP contribution is -2.21. The Morgan fingerprint density at radius 1 is 1.29 bits per heavy atom. The molecule has 2 N–H and O–H groups in total. The fourth-order valence-electron chi connectivity index (χ4n) is 1.83.